The van der Waals surface area contributed by atoms with Gasteiger partial charge >= 0.3 is 6.61 Å². The lowest BCUT2D eigenvalue weighted by molar-refractivity contribution is -0.0498. The Morgan fingerprint density at radius 2 is 1.85 bits per heavy atom. The van der Waals surface area contributed by atoms with Crippen LogP contribution in [0.15, 0.2) is 30.5 Å². The average molecular weight is 281 g/mol. The van der Waals surface area contributed by atoms with E-state index < -0.39 is 6.61 Å². The van der Waals surface area contributed by atoms with Crippen LogP contribution in [-0.2, 0) is 0 Å². The second kappa shape index (κ2) is 5.90. The minimum absolute atomic E-state index is 0.138. The molecule has 4 nitrogen and oxygen atoms in total. The molecule has 20 heavy (non-hydrogen) atoms. The van der Waals surface area contributed by atoms with E-state index in [0.29, 0.717) is 0 Å². The van der Waals surface area contributed by atoms with Crippen LogP contribution in [0.5, 0.6) is 5.75 Å². The van der Waals surface area contributed by atoms with E-state index in [0.717, 1.165) is 17.3 Å². The highest BCUT2D eigenvalue weighted by Crippen LogP contribution is 2.21. The fourth-order valence-corrected chi connectivity index (χ4v) is 1.84. The fourth-order valence-electron chi connectivity index (χ4n) is 1.84. The van der Waals surface area contributed by atoms with Gasteiger partial charge in [0.05, 0.1) is 5.69 Å². The third-order valence-electron chi connectivity index (χ3n) is 2.58. The van der Waals surface area contributed by atoms with E-state index in [1.54, 1.807) is 12.1 Å². The van der Waals surface area contributed by atoms with Crippen LogP contribution in [0.25, 0.3) is 5.69 Å². The lowest BCUT2D eigenvalue weighted by Crippen LogP contribution is -2.13. The number of hydrogen-bond donors (Lipinski definition) is 1. The van der Waals surface area contributed by atoms with Crippen LogP contribution in [0, 0.1) is 6.92 Å². The van der Waals surface area contributed by atoms with Crippen LogP contribution >= 0.6 is 0 Å². The molecule has 0 fully saturated rings. The first-order chi connectivity index (χ1) is 9.45. The summed E-state index contributed by atoms with van der Waals surface area (Å²) in [6, 6.07) is 6.69. The summed E-state index contributed by atoms with van der Waals surface area (Å²) in [5.74, 6) is 0.860. The van der Waals surface area contributed by atoms with Crippen LogP contribution in [0.2, 0.25) is 0 Å². The second-order valence-corrected chi connectivity index (χ2v) is 4.75. The van der Waals surface area contributed by atoms with Crippen LogP contribution in [0.3, 0.4) is 0 Å². The van der Waals surface area contributed by atoms with Crippen LogP contribution in [-0.4, -0.2) is 22.2 Å². The number of hydrogen-bond acceptors (Lipinski definition) is 3. The first kappa shape index (κ1) is 14.3. The molecule has 0 atom stereocenters. The van der Waals surface area contributed by atoms with Gasteiger partial charge < -0.3 is 10.1 Å². The summed E-state index contributed by atoms with van der Waals surface area (Å²) in [4.78, 5) is 4.40. The van der Waals surface area contributed by atoms with Crippen molar-refractivity contribution in [2.75, 3.05) is 5.32 Å². The quantitative estimate of drug-likeness (QED) is 0.910. The molecular formula is C14H17F2N3O. The lowest BCUT2D eigenvalue weighted by Gasteiger charge is -2.12. The van der Waals surface area contributed by atoms with Gasteiger partial charge in [-0.2, -0.15) is 8.78 Å². The summed E-state index contributed by atoms with van der Waals surface area (Å²) in [6.45, 7) is 3.13. The monoisotopic (exact) mass is 281 g/mol. The molecule has 2 rings (SSSR count). The van der Waals surface area contributed by atoms with Gasteiger partial charge in [-0.1, -0.05) is 0 Å². The molecule has 0 unspecified atom stereocenters. The van der Waals surface area contributed by atoms with Gasteiger partial charge in [-0.15, -0.1) is 0 Å². The molecule has 6 heteroatoms. The number of halogens is 2. The van der Waals surface area contributed by atoms with Crippen LogP contribution < -0.4 is 10.1 Å². The van der Waals surface area contributed by atoms with Crippen molar-refractivity contribution in [2.45, 2.75) is 33.4 Å². The molecule has 0 aliphatic rings. The average Bonchev–Trinajstić information content (AvgIpc) is 2.69. The first-order valence-electron chi connectivity index (χ1n) is 6.33. The predicted molar refractivity (Wildman–Crippen MR) is 73.7 cm³/mol. The standard InChI is InChI=1S/C14H17F2N3O/c1-9(2)17-14-18-10(3)8-19(14)11-4-6-12(7-5-11)20-13(15)16/h4-9,13H,1-3H3,(H,17,18). The van der Waals surface area contributed by atoms with E-state index in [4.69, 9.17) is 0 Å². The van der Waals surface area contributed by atoms with Crippen molar-refractivity contribution in [2.24, 2.45) is 0 Å². The van der Waals surface area contributed by atoms with Crippen molar-refractivity contribution in [3.63, 3.8) is 0 Å². The van der Waals surface area contributed by atoms with Gasteiger partial charge in [0.25, 0.3) is 0 Å². The number of benzene rings is 1. The zero-order valence-corrected chi connectivity index (χ0v) is 11.6. The number of nitrogens with one attached hydrogen (secondary N) is 1. The normalized spacial score (nSPS) is 11.2. The summed E-state index contributed by atoms with van der Waals surface area (Å²) in [6.07, 6.45) is 1.88. The van der Waals surface area contributed by atoms with Crippen LogP contribution in [0.4, 0.5) is 14.7 Å². The third kappa shape index (κ3) is 3.46. The number of alkyl halides is 2. The van der Waals surface area contributed by atoms with E-state index in [-0.39, 0.29) is 11.8 Å². The van der Waals surface area contributed by atoms with Gasteiger partial charge in [-0.25, -0.2) is 4.98 Å². The maximum Gasteiger partial charge on any atom is 0.387 e. The lowest BCUT2D eigenvalue weighted by atomic mass is 10.3. The van der Waals surface area contributed by atoms with Crippen molar-refractivity contribution >= 4 is 5.95 Å². The van der Waals surface area contributed by atoms with E-state index >= 15 is 0 Å². The minimum atomic E-state index is -2.81. The van der Waals surface area contributed by atoms with Crippen molar-refractivity contribution in [3.05, 3.63) is 36.2 Å². The highest BCUT2D eigenvalue weighted by molar-refractivity contribution is 5.45. The number of anilines is 1. The van der Waals surface area contributed by atoms with Gasteiger partial charge in [-0.05, 0) is 45.0 Å². The summed E-state index contributed by atoms with van der Waals surface area (Å²) >= 11 is 0. The number of aryl methyl sites for hydroxylation is 1. The molecule has 0 amide bonds. The molecule has 2 aromatic rings. The molecule has 1 N–H and O–H groups in total. The van der Waals surface area contributed by atoms with E-state index in [1.807, 2.05) is 31.5 Å². The zero-order chi connectivity index (χ0) is 14.7. The minimum Gasteiger partial charge on any atom is -0.435 e. The Labute approximate surface area is 116 Å². The van der Waals surface area contributed by atoms with Crippen molar-refractivity contribution < 1.29 is 13.5 Å². The molecule has 1 heterocycles. The smallest absolute Gasteiger partial charge is 0.387 e. The second-order valence-electron chi connectivity index (χ2n) is 4.75. The summed E-state index contributed by atoms with van der Waals surface area (Å²) < 4.78 is 30.4. The van der Waals surface area contributed by atoms with Crippen molar-refractivity contribution in [3.8, 4) is 11.4 Å². The van der Waals surface area contributed by atoms with Gasteiger partial charge in [0.1, 0.15) is 5.75 Å². The Bertz CT molecular complexity index is 564. The molecule has 0 aliphatic carbocycles. The highest BCUT2D eigenvalue weighted by atomic mass is 19.3. The molecule has 0 aliphatic heterocycles. The Morgan fingerprint density at radius 3 is 2.40 bits per heavy atom. The molecule has 1 aromatic heterocycles. The number of ether oxygens (including phenoxy) is 1. The molecule has 0 saturated heterocycles. The zero-order valence-electron chi connectivity index (χ0n) is 11.6. The molecule has 0 spiro atoms. The van der Waals surface area contributed by atoms with Gasteiger partial charge in [0.15, 0.2) is 0 Å². The van der Waals surface area contributed by atoms with E-state index in [2.05, 4.69) is 15.0 Å². The van der Waals surface area contributed by atoms with Crippen LogP contribution in [0.1, 0.15) is 19.5 Å². The summed E-state index contributed by atoms with van der Waals surface area (Å²) in [5, 5.41) is 3.24. The first-order valence-corrected chi connectivity index (χ1v) is 6.33. The number of rotatable bonds is 5. The Hall–Kier alpha value is -2.11. The third-order valence-corrected chi connectivity index (χ3v) is 2.58. The SMILES string of the molecule is Cc1cn(-c2ccc(OC(F)F)cc2)c(NC(C)C)n1. The van der Waals surface area contributed by atoms with E-state index in [1.165, 1.54) is 12.1 Å². The summed E-state index contributed by atoms with van der Waals surface area (Å²) in [7, 11) is 0. The molecule has 0 radical (unpaired) electrons. The highest BCUT2D eigenvalue weighted by Gasteiger charge is 2.09. The maximum atomic E-state index is 12.1. The fraction of sp³-hybridized carbons (Fsp3) is 0.357. The van der Waals surface area contributed by atoms with Crippen molar-refractivity contribution in [1.82, 2.24) is 9.55 Å². The predicted octanol–water partition coefficient (Wildman–Crippen LogP) is 3.60. The molecule has 0 saturated carbocycles. The summed E-state index contributed by atoms with van der Waals surface area (Å²) in [5.41, 5.74) is 1.71. The van der Waals surface area contributed by atoms with Gasteiger partial charge in [-0.3, -0.25) is 4.57 Å². The maximum absolute atomic E-state index is 12.1. The van der Waals surface area contributed by atoms with E-state index in [9.17, 15) is 8.78 Å². The molecule has 1 aromatic carbocycles. The Kier molecular flexibility index (Phi) is 4.22. The number of nitrogens with zero attached hydrogens (tertiary/aromatic N) is 2. The molecular weight excluding hydrogens is 264 g/mol. The topological polar surface area (TPSA) is 39.1 Å². The number of aromatic nitrogens is 2. The Morgan fingerprint density at radius 1 is 1.20 bits per heavy atom. The Balaban J connectivity index is 2.27. The molecule has 0 bridgehead atoms. The van der Waals surface area contributed by atoms with Gasteiger partial charge in [0.2, 0.25) is 5.95 Å². The molecule has 108 valence electrons. The largest absolute Gasteiger partial charge is 0.435 e. The number of imidazole rings is 1. The van der Waals surface area contributed by atoms with Crippen molar-refractivity contribution in [1.29, 1.82) is 0 Å². The van der Waals surface area contributed by atoms with Gasteiger partial charge in [0, 0.05) is 17.9 Å².